The summed E-state index contributed by atoms with van der Waals surface area (Å²) in [6.45, 7) is 7.12. The quantitative estimate of drug-likeness (QED) is 0.729. The molecule has 0 aliphatic carbocycles. The minimum atomic E-state index is 0.126. The number of Topliss-reactive ketones (excluding diaryl/α,β-unsaturated/α-hetero) is 1. The Labute approximate surface area is 102 Å². The summed E-state index contributed by atoms with van der Waals surface area (Å²) in [4.78, 5) is 11.3. The van der Waals surface area contributed by atoms with Gasteiger partial charge < -0.3 is 4.57 Å². The van der Waals surface area contributed by atoms with Gasteiger partial charge in [0.1, 0.15) is 0 Å². The fourth-order valence-electron chi connectivity index (χ4n) is 2.04. The highest BCUT2D eigenvalue weighted by Crippen LogP contribution is 2.19. The molecule has 0 amide bonds. The average Bonchev–Trinajstić information content (AvgIpc) is 2.71. The van der Waals surface area contributed by atoms with Gasteiger partial charge in [-0.1, -0.05) is 20.3 Å². The molecule has 0 N–H and O–H groups in total. The highest BCUT2D eigenvalue weighted by atomic mass is 16.1. The Bertz CT molecular complexity index is 539. The molecule has 0 saturated carbocycles. The second-order valence-electron chi connectivity index (χ2n) is 4.81. The van der Waals surface area contributed by atoms with E-state index in [1.165, 1.54) is 11.9 Å². The Kier molecular flexibility index (Phi) is 3.32. The molecule has 2 aromatic rings. The zero-order valence-electron chi connectivity index (χ0n) is 10.7. The van der Waals surface area contributed by atoms with E-state index in [1.54, 1.807) is 6.92 Å². The zero-order valence-corrected chi connectivity index (χ0v) is 10.7. The Balaban J connectivity index is 2.38. The van der Waals surface area contributed by atoms with Crippen LogP contribution in [0.4, 0.5) is 0 Å². The van der Waals surface area contributed by atoms with Gasteiger partial charge in [0.05, 0.1) is 0 Å². The van der Waals surface area contributed by atoms with Gasteiger partial charge in [-0.25, -0.2) is 0 Å². The standard InChI is InChI=1S/C15H19NO/c1-4-11(2)10-16-8-7-14-9-13(12(3)17)5-6-15(14)16/h5-9,11H,4,10H2,1-3H3. The number of ketones is 1. The van der Waals surface area contributed by atoms with Crippen LogP contribution in [0.1, 0.15) is 37.6 Å². The molecule has 2 rings (SSSR count). The van der Waals surface area contributed by atoms with Gasteiger partial charge in [-0.3, -0.25) is 4.79 Å². The predicted molar refractivity (Wildman–Crippen MR) is 71.4 cm³/mol. The molecule has 0 aliphatic rings. The van der Waals surface area contributed by atoms with Gasteiger partial charge in [-0.2, -0.15) is 0 Å². The summed E-state index contributed by atoms with van der Waals surface area (Å²) < 4.78 is 2.27. The van der Waals surface area contributed by atoms with Crippen LogP contribution in [0.15, 0.2) is 30.5 Å². The predicted octanol–water partition coefficient (Wildman–Crippen LogP) is 3.89. The maximum absolute atomic E-state index is 11.3. The maximum Gasteiger partial charge on any atom is 0.159 e. The van der Waals surface area contributed by atoms with Gasteiger partial charge in [0.15, 0.2) is 5.78 Å². The summed E-state index contributed by atoms with van der Waals surface area (Å²) in [7, 11) is 0. The molecular weight excluding hydrogens is 210 g/mol. The molecular formula is C15H19NO. The van der Waals surface area contributed by atoms with Crippen molar-refractivity contribution in [2.45, 2.75) is 33.7 Å². The lowest BCUT2D eigenvalue weighted by atomic mass is 10.1. The van der Waals surface area contributed by atoms with Crippen molar-refractivity contribution in [1.82, 2.24) is 4.57 Å². The van der Waals surface area contributed by atoms with Crippen LogP contribution in [0.2, 0.25) is 0 Å². The third-order valence-electron chi connectivity index (χ3n) is 3.38. The zero-order chi connectivity index (χ0) is 12.4. The second-order valence-corrected chi connectivity index (χ2v) is 4.81. The second kappa shape index (κ2) is 4.74. The number of carbonyl (C=O) groups excluding carboxylic acids is 1. The molecule has 0 spiro atoms. The minimum absolute atomic E-state index is 0.126. The van der Waals surface area contributed by atoms with E-state index in [2.05, 4.69) is 36.7 Å². The van der Waals surface area contributed by atoms with Crippen LogP contribution in [0.25, 0.3) is 10.9 Å². The lowest BCUT2D eigenvalue weighted by Crippen LogP contribution is -2.05. The number of fused-ring (bicyclic) bond motifs is 1. The first-order valence-electron chi connectivity index (χ1n) is 6.21. The average molecular weight is 229 g/mol. The SMILES string of the molecule is CCC(C)Cn1ccc2cc(C(C)=O)ccc21. The fraction of sp³-hybridized carbons (Fsp3) is 0.400. The third-order valence-corrected chi connectivity index (χ3v) is 3.38. The number of hydrogen-bond donors (Lipinski definition) is 0. The van der Waals surface area contributed by atoms with Gasteiger partial charge in [0, 0.05) is 29.2 Å². The Hall–Kier alpha value is -1.57. The van der Waals surface area contributed by atoms with Crippen LogP contribution in [0.5, 0.6) is 0 Å². The van der Waals surface area contributed by atoms with Crippen molar-refractivity contribution in [3.05, 3.63) is 36.0 Å². The monoisotopic (exact) mass is 229 g/mol. The summed E-state index contributed by atoms with van der Waals surface area (Å²) >= 11 is 0. The molecule has 1 atom stereocenters. The maximum atomic E-state index is 11.3. The number of benzene rings is 1. The van der Waals surface area contributed by atoms with Crippen LogP contribution in [-0.4, -0.2) is 10.4 Å². The molecule has 1 heterocycles. The van der Waals surface area contributed by atoms with Crippen LogP contribution in [0, 0.1) is 5.92 Å². The van der Waals surface area contributed by atoms with Crippen molar-refractivity contribution in [2.75, 3.05) is 0 Å². The molecule has 0 fully saturated rings. The van der Waals surface area contributed by atoms with Crippen LogP contribution >= 0.6 is 0 Å². The van der Waals surface area contributed by atoms with Crippen LogP contribution in [-0.2, 0) is 6.54 Å². The molecule has 0 aliphatic heterocycles. The van der Waals surface area contributed by atoms with E-state index in [9.17, 15) is 4.79 Å². The molecule has 1 aromatic carbocycles. The van der Waals surface area contributed by atoms with E-state index in [1.807, 2.05) is 12.1 Å². The van der Waals surface area contributed by atoms with Crippen molar-refractivity contribution in [3.63, 3.8) is 0 Å². The summed E-state index contributed by atoms with van der Waals surface area (Å²) in [5.41, 5.74) is 2.01. The number of rotatable bonds is 4. The van der Waals surface area contributed by atoms with Gasteiger partial charge in [0.25, 0.3) is 0 Å². The largest absolute Gasteiger partial charge is 0.347 e. The minimum Gasteiger partial charge on any atom is -0.347 e. The smallest absolute Gasteiger partial charge is 0.159 e. The van der Waals surface area contributed by atoms with Crippen molar-refractivity contribution in [2.24, 2.45) is 5.92 Å². The van der Waals surface area contributed by atoms with Crippen molar-refractivity contribution in [1.29, 1.82) is 0 Å². The van der Waals surface area contributed by atoms with Crippen LogP contribution in [0.3, 0.4) is 0 Å². The van der Waals surface area contributed by atoms with E-state index in [4.69, 9.17) is 0 Å². The van der Waals surface area contributed by atoms with Gasteiger partial charge in [-0.05, 0) is 37.1 Å². The van der Waals surface area contributed by atoms with Crippen molar-refractivity contribution < 1.29 is 4.79 Å². The Morgan fingerprint density at radius 2 is 2.12 bits per heavy atom. The number of hydrogen-bond acceptors (Lipinski definition) is 1. The number of aromatic nitrogens is 1. The van der Waals surface area contributed by atoms with Gasteiger partial charge in [0.2, 0.25) is 0 Å². The highest BCUT2D eigenvalue weighted by Gasteiger charge is 2.06. The molecule has 0 saturated heterocycles. The van der Waals surface area contributed by atoms with Gasteiger partial charge in [-0.15, -0.1) is 0 Å². The van der Waals surface area contributed by atoms with E-state index in [0.29, 0.717) is 5.92 Å². The normalized spacial score (nSPS) is 12.9. The first kappa shape index (κ1) is 11.9. The fourth-order valence-corrected chi connectivity index (χ4v) is 2.04. The molecule has 0 radical (unpaired) electrons. The van der Waals surface area contributed by atoms with Crippen molar-refractivity contribution >= 4 is 16.7 Å². The summed E-state index contributed by atoms with van der Waals surface area (Å²) in [5, 5.41) is 1.15. The topological polar surface area (TPSA) is 22.0 Å². The van der Waals surface area contributed by atoms with Gasteiger partial charge >= 0.3 is 0 Å². The summed E-state index contributed by atoms with van der Waals surface area (Å²) in [6.07, 6.45) is 3.30. The van der Waals surface area contributed by atoms with E-state index in [0.717, 1.165) is 17.5 Å². The third kappa shape index (κ3) is 2.41. The molecule has 2 heteroatoms. The molecule has 17 heavy (non-hydrogen) atoms. The Morgan fingerprint density at radius 3 is 2.76 bits per heavy atom. The molecule has 2 nitrogen and oxygen atoms in total. The first-order valence-corrected chi connectivity index (χ1v) is 6.21. The molecule has 0 bridgehead atoms. The van der Waals surface area contributed by atoms with E-state index >= 15 is 0 Å². The lowest BCUT2D eigenvalue weighted by molar-refractivity contribution is 0.101. The summed E-state index contributed by atoms with van der Waals surface area (Å²) in [5.74, 6) is 0.805. The van der Waals surface area contributed by atoms with E-state index < -0.39 is 0 Å². The first-order chi connectivity index (χ1) is 8.11. The molecule has 90 valence electrons. The lowest BCUT2D eigenvalue weighted by Gasteiger charge is -2.11. The van der Waals surface area contributed by atoms with E-state index in [-0.39, 0.29) is 5.78 Å². The Morgan fingerprint density at radius 1 is 1.35 bits per heavy atom. The molecule has 1 unspecified atom stereocenters. The van der Waals surface area contributed by atoms with Crippen molar-refractivity contribution in [3.8, 4) is 0 Å². The number of carbonyl (C=O) groups is 1. The molecule has 1 aromatic heterocycles. The summed E-state index contributed by atoms with van der Waals surface area (Å²) in [6, 6.07) is 8.03. The highest BCUT2D eigenvalue weighted by molar-refractivity contribution is 5.98. The van der Waals surface area contributed by atoms with Crippen LogP contribution < -0.4 is 0 Å². The number of nitrogens with zero attached hydrogens (tertiary/aromatic N) is 1.